The number of aromatic nitrogens is 1. The average Bonchev–Trinajstić information content (AvgIpc) is 3.01. The summed E-state index contributed by atoms with van der Waals surface area (Å²) in [5.41, 5.74) is 3.05. The van der Waals surface area contributed by atoms with Crippen molar-refractivity contribution in [1.82, 2.24) is 4.98 Å². The Morgan fingerprint density at radius 2 is 1.75 bits per heavy atom. The quantitative estimate of drug-likeness (QED) is 0.584. The van der Waals surface area contributed by atoms with Crippen molar-refractivity contribution in [2.45, 2.75) is 45.7 Å². The van der Waals surface area contributed by atoms with E-state index in [0.717, 1.165) is 0 Å². The summed E-state index contributed by atoms with van der Waals surface area (Å²) >= 11 is -0.249. The van der Waals surface area contributed by atoms with Crippen molar-refractivity contribution < 1.29 is 44.0 Å². The predicted octanol–water partition coefficient (Wildman–Crippen LogP) is -1.58. The molecule has 1 nitrogen and oxygen atoms in total. The maximum Gasteiger partial charge on any atom is -1.00 e. The fourth-order valence-electron chi connectivity index (χ4n) is 3.35. The van der Waals surface area contributed by atoms with Gasteiger partial charge in [-0.2, -0.15) is 0 Å². The molecule has 0 saturated heterocycles. The second-order valence-electron chi connectivity index (χ2n) is 7.49. The molecule has 5 heteroatoms. The van der Waals surface area contributed by atoms with Crippen molar-refractivity contribution in [3.8, 4) is 0 Å². The number of H-pyrrole nitrogens is 1. The molecule has 1 N–H and O–H groups in total. The Morgan fingerprint density at radius 3 is 2.38 bits per heavy atom. The second-order valence-corrected chi connectivity index (χ2v) is 12.5. The van der Waals surface area contributed by atoms with Crippen LogP contribution in [0.5, 0.6) is 0 Å². The van der Waals surface area contributed by atoms with Crippen LogP contribution in [0.3, 0.4) is 0 Å². The maximum atomic E-state index is 3.77. The molecule has 0 saturated carbocycles. The zero-order chi connectivity index (χ0) is 15.9. The van der Waals surface area contributed by atoms with Gasteiger partial charge in [-0.05, 0) is 0 Å². The number of nitrogens with one attached hydrogen (secondary N) is 1. The molecule has 0 aliphatic heterocycles. The standard InChI is InChI=1S/C12H14N.C7H11Si.2ClH.Ti/c1-12(2,3)10-8-13-11-7-5-4-6-9(10)11;1-8(2)7-5-3-4-6-7;;;/h4-7,13H,1-3H3;3,5,8H,4H2,1-2H3;2*1H;/q;;;;+2/p-2. The second kappa shape index (κ2) is 8.42. The molecule has 24 heavy (non-hydrogen) atoms. The van der Waals surface area contributed by atoms with Crippen LogP contribution in [0.25, 0.3) is 10.9 Å². The van der Waals surface area contributed by atoms with Gasteiger partial charge in [-0.3, -0.25) is 0 Å². The third-order valence-corrected chi connectivity index (χ3v) is 8.77. The van der Waals surface area contributed by atoms with Gasteiger partial charge in [0.05, 0.1) is 0 Å². The molecule has 1 aromatic carbocycles. The molecule has 2 aromatic rings. The number of benzene rings is 1. The monoisotopic (exact) mass is 413 g/mol. The van der Waals surface area contributed by atoms with Gasteiger partial charge in [0.1, 0.15) is 0 Å². The normalized spacial score (nSPS) is 13.9. The summed E-state index contributed by atoms with van der Waals surface area (Å²) < 4.78 is 3.30. The Hall–Kier alpha value is -0.249. The number of aromatic amines is 1. The maximum absolute atomic E-state index is 3.77. The zero-order valence-electron chi connectivity index (χ0n) is 15.0. The van der Waals surface area contributed by atoms with E-state index in [2.05, 4.69) is 75.3 Å². The van der Waals surface area contributed by atoms with Crippen LogP contribution in [0.4, 0.5) is 0 Å². The van der Waals surface area contributed by atoms with Gasteiger partial charge >= 0.3 is 145 Å². The average molecular weight is 414 g/mol. The molecule has 0 unspecified atom stereocenters. The Labute approximate surface area is 168 Å². The smallest absolute Gasteiger partial charge is 1.00 e. The number of hydrogen-bond acceptors (Lipinski definition) is 0. The van der Waals surface area contributed by atoms with Gasteiger partial charge in [0.25, 0.3) is 0 Å². The Balaban J connectivity index is 0.00000144. The number of fused-ring (bicyclic) bond motifs is 1. The first-order chi connectivity index (χ1) is 10.4. The van der Waals surface area contributed by atoms with Gasteiger partial charge in [0.2, 0.25) is 0 Å². The van der Waals surface area contributed by atoms with E-state index in [1.165, 1.54) is 17.3 Å². The molecule has 1 aromatic heterocycles. The van der Waals surface area contributed by atoms with E-state index in [9.17, 15) is 0 Å². The molecule has 1 aliphatic rings. The van der Waals surface area contributed by atoms with Crippen molar-refractivity contribution in [3.63, 3.8) is 0 Å². The van der Waals surface area contributed by atoms with E-state index in [1.807, 2.05) is 0 Å². The summed E-state index contributed by atoms with van der Waals surface area (Å²) in [5.74, 6) is 0. The molecule has 0 amide bonds. The van der Waals surface area contributed by atoms with Crippen LogP contribution in [0, 0.1) is 0 Å². The fourth-order valence-corrected chi connectivity index (χ4v) is 8.81. The largest absolute Gasteiger partial charge is 1.00 e. The summed E-state index contributed by atoms with van der Waals surface area (Å²) in [6.45, 7) is 11.9. The summed E-state index contributed by atoms with van der Waals surface area (Å²) in [6, 6.07) is 8.80. The van der Waals surface area contributed by atoms with Crippen molar-refractivity contribution in [2.24, 2.45) is 0 Å². The van der Waals surface area contributed by atoms with Crippen LogP contribution in [-0.4, -0.2) is 13.8 Å². The SMILES string of the molecule is C[SiH](C)C1=[C]([Ti+2][c]2[nH]c3ccccc3c2C(C)(C)C)CC=C1.[Cl-].[Cl-]. The predicted molar refractivity (Wildman–Crippen MR) is 96.3 cm³/mol. The summed E-state index contributed by atoms with van der Waals surface area (Å²) in [4.78, 5) is 3.77. The van der Waals surface area contributed by atoms with Crippen LogP contribution in [-0.2, 0) is 24.6 Å². The number of halogens is 2. The van der Waals surface area contributed by atoms with E-state index in [4.69, 9.17) is 0 Å². The van der Waals surface area contributed by atoms with Gasteiger partial charge < -0.3 is 24.8 Å². The van der Waals surface area contributed by atoms with Gasteiger partial charge in [0.15, 0.2) is 0 Å². The fraction of sp³-hybridized carbons (Fsp3) is 0.368. The summed E-state index contributed by atoms with van der Waals surface area (Å²) in [7, 11) is -0.705. The molecule has 1 aliphatic carbocycles. The van der Waals surface area contributed by atoms with E-state index in [-0.39, 0.29) is 49.4 Å². The van der Waals surface area contributed by atoms with Crippen molar-refractivity contribution in [2.75, 3.05) is 0 Å². The van der Waals surface area contributed by atoms with Crippen LogP contribution in [0.2, 0.25) is 13.1 Å². The molecule has 0 bridgehead atoms. The topological polar surface area (TPSA) is 15.8 Å². The number of allylic oxidation sites excluding steroid dienone is 4. The minimum atomic E-state index is -0.705. The van der Waals surface area contributed by atoms with Crippen LogP contribution >= 0.6 is 0 Å². The molecule has 0 spiro atoms. The molecular formula is C19H25Cl2NSiTi. The zero-order valence-corrected chi connectivity index (χ0v) is 19.2. The first-order valence-electron chi connectivity index (χ1n) is 8.15. The number of rotatable bonds is 3. The van der Waals surface area contributed by atoms with Crippen molar-refractivity contribution in [1.29, 1.82) is 0 Å². The minimum Gasteiger partial charge on any atom is -1.00 e. The number of para-hydroxylation sites is 1. The van der Waals surface area contributed by atoms with Crippen molar-refractivity contribution in [3.05, 3.63) is 51.1 Å². The van der Waals surface area contributed by atoms with Crippen LogP contribution < -0.4 is 28.8 Å². The molecule has 3 rings (SSSR count). The summed E-state index contributed by atoms with van der Waals surface area (Å²) in [5, 5.41) is 3.14. The van der Waals surface area contributed by atoms with Gasteiger partial charge in [-0.25, -0.2) is 0 Å². The molecular weight excluding hydrogens is 389 g/mol. The minimum absolute atomic E-state index is 0. The molecule has 0 fully saturated rings. The van der Waals surface area contributed by atoms with Gasteiger partial charge in [-0.15, -0.1) is 0 Å². The van der Waals surface area contributed by atoms with Gasteiger partial charge in [0, 0.05) is 0 Å². The van der Waals surface area contributed by atoms with Crippen molar-refractivity contribution >= 4 is 23.7 Å². The van der Waals surface area contributed by atoms with E-state index < -0.39 is 8.80 Å². The molecule has 0 radical (unpaired) electrons. The number of hydrogen-bond donors (Lipinski definition) is 1. The Bertz CT molecular complexity index is 769. The molecule has 128 valence electrons. The van der Waals surface area contributed by atoms with Crippen LogP contribution in [0.1, 0.15) is 32.8 Å². The van der Waals surface area contributed by atoms with Crippen LogP contribution in [0.15, 0.2) is 45.5 Å². The molecule has 1 heterocycles. The molecule has 0 atom stereocenters. The van der Waals surface area contributed by atoms with E-state index in [1.54, 1.807) is 18.6 Å². The third kappa shape index (κ3) is 4.29. The first kappa shape index (κ1) is 21.8. The Morgan fingerprint density at radius 1 is 1.08 bits per heavy atom. The van der Waals surface area contributed by atoms with E-state index >= 15 is 0 Å². The third-order valence-electron chi connectivity index (χ3n) is 4.32. The van der Waals surface area contributed by atoms with Gasteiger partial charge in [-0.1, -0.05) is 0 Å². The van der Waals surface area contributed by atoms with E-state index in [0.29, 0.717) is 0 Å². The first-order valence-corrected chi connectivity index (χ1v) is 12.6. The Kier molecular flexibility index (Phi) is 7.65. The summed E-state index contributed by atoms with van der Waals surface area (Å²) in [6.07, 6.45) is 5.98.